The minimum Gasteiger partial charge on any atom is -0.409 e. The second kappa shape index (κ2) is 5.17. The average molecular weight is 269 g/mol. The molecular weight excluding hydrogens is 259 g/mol. The van der Waals surface area contributed by atoms with Gasteiger partial charge in [0.05, 0.1) is 0 Å². The first-order valence-corrected chi connectivity index (χ1v) is 5.20. The lowest BCUT2D eigenvalue weighted by molar-refractivity contribution is -0.144. The maximum Gasteiger partial charge on any atom is 0.452 e. The van der Waals surface area contributed by atoms with E-state index in [2.05, 4.69) is 14.5 Å². The molecule has 0 amide bonds. The molecule has 0 radical (unpaired) electrons. The number of hydrogen-bond acceptors (Lipinski definition) is 6. The van der Waals surface area contributed by atoms with Gasteiger partial charge in [-0.05, 0) is 0 Å². The highest BCUT2D eigenvalue weighted by Gasteiger charge is 2.36. The Bertz CT molecular complexity index is 404. The summed E-state index contributed by atoms with van der Waals surface area (Å²) in [6, 6.07) is 0. The zero-order valence-corrected chi connectivity index (χ0v) is 9.59. The van der Waals surface area contributed by atoms with Crippen LogP contribution in [0.25, 0.3) is 0 Å². The molecule has 0 aromatic carbocycles. The normalized spacial score (nSPS) is 12.8. The number of alkyl halides is 3. The summed E-state index contributed by atoms with van der Waals surface area (Å²) in [7, 11) is 1.55. The van der Waals surface area contributed by atoms with Gasteiger partial charge in [-0.2, -0.15) is 22.5 Å². The number of anilines is 1. The van der Waals surface area contributed by atoms with Gasteiger partial charge in [-0.25, -0.2) is 0 Å². The molecule has 3 N–H and O–H groups in total. The molecule has 0 aliphatic rings. The molecule has 17 heavy (non-hydrogen) atoms. The second-order valence-corrected chi connectivity index (χ2v) is 3.89. The first-order valence-electron chi connectivity index (χ1n) is 4.43. The number of nitrogens with zero attached hydrogens (tertiary/aromatic N) is 4. The van der Waals surface area contributed by atoms with E-state index in [1.165, 1.54) is 4.90 Å². The molecule has 0 unspecified atom stereocenters. The van der Waals surface area contributed by atoms with E-state index in [1.807, 2.05) is 0 Å². The van der Waals surface area contributed by atoms with Gasteiger partial charge in [0.25, 0.3) is 0 Å². The van der Waals surface area contributed by atoms with Crippen LogP contribution in [0.3, 0.4) is 0 Å². The quantitative estimate of drug-likeness (QED) is 0.370. The molecule has 1 rings (SSSR count). The van der Waals surface area contributed by atoms with Gasteiger partial charge in [0.1, 0.15) is 5.84 Å². The predicted molar refractivity (Wildman–Crippen MR) is 56.2 cm³/mol. The molecule has 1 aromatic rings. The minimum atomic E-state index is -4.54. The Morgan fingerprint density at radius 1 is 1.59 bits per heavy atom. The molecule has 0 aliphatic carbocycles. The smallest absolute Gasteiger partial charge is 0.409 e. The molecule has 0 atom stereocenters. The Kier molecular flexibility index (Phi) is 4.10. The SMILES string of the molecule is CN(CCC(N)=NO)c1nc(C(F)(F)F)ns1. The molecule has 0 fully saturated rings. The molecule has 0 spiro atoms. The zero-order chi connectivity index (χ0) is 13.1. The van der Waals surface area contributed by atoms with Crippen LogP contribution in [0.2, 0.25) is 0 Å². The van der Waals surface area contributed by atoms with Crippen LogP contribution < -0.4 is 10.6 Å². The summed E-state index contributed by atoms with van der Waals surface area (Å²) in [5.74, 6) is -1.16. The summed E-state index contributed by atoms with van der Waals surface area (Å²) < 4.78 is 39.9. The van der Waals surface area contributed by atoms with Crippen molar-refractivity contribution in [2.75, 3.05) is 18.5 Å². The summed E-state index contributed by atoms with van der Waals surface area (Å²) in [5, 5.41) is 11.2. The van der Waals surface area contributed by atoms with E-state index < -0.39 is 12.0 Å². The number of halogens is 3. The molecule has 0 saturated heterocycles. The summed E-state index contributed by atoms with van der Waals surface area (Å²) >= 11 is 0.645. The number of hydrogen-bond donors (Lipinski definition) is 2. The van der Waals surface area contributed by atoms with E-state index >= 15 is 0 Å². The standard InChI is InChI=1S/C7H10F3N5OS/c1-15(3-2-4(11)13-16)6-12-5(14-17-6)7(8,9)10/h16H,2-3H2,1H3,(H2,11,13). The largest absolute Gasteiger partial charge is 0.452 e. The van der Waals surface area contributed by atoms with Gasteiger partial charge in [0, 0.05) is 31.5 Å². The molecule has 0 aliphatic heterocycles. The van der Waals surface area contributed by atoms with E-state index in [4.69, 9.17) is 10.9 Å². The number of aromatic nitrogens is 2. The van der Waals surface area contributed by atoms with E-state index in [9.17, 15) is 13.2 Å². The lowest BCUT2D eigenvalue weighted by Gasteiger charge is -2.13. The van der Waals surface area contributed by atoms with Crippen LogP contribution in [0.1, 0.15) is 12.2 Å². The Labute approximate surface area is 98.7 Å². The third-order valence-corrected chi connectivity index (χ3v) is 2.66. The molecule has 96 valence electrons. The molecule has 0 bridgehead atoms. The topological polar surface area (TPSA) is 87.6 Å². The minimum absolute atomic E-state index is 0.00240. The maximum atomic E-state index is 12.2. The van der Waals surface area contributed by atoms with Gasteiger partial charge in [-0.15, -0.1) is 0 Å². The number of amidine groups is 1. The van der Waals surface area contributed by atoms with Crippen LogP contribution in [0.15, 0.2) is 5.16 Å². The van der Waals surface area contributed by atoms with Crippen molar-refractivity contribution in [2.24, 2.45) is 10.9 Å². The maximum absolute atomic E-state index is 12.2. The molecule has 6 nitrogen and oxygen atoms in total. The van der Waals surface area contributed by atoms with Crippen LogP contribution in [-0.2, 0) is 6.18 Å². The van der Waals surface area contributed by atoms with Gasteiger partial charge in [0.2, 0.25) is 11.0 Å². The van der Waals surface area contributed by atoms with E-state index in [0.717, 1.165) is 0 Å². The summed E-state index contributed by atoms with van der Waals surface area (Å²) in [6.45, 7) is 0.280. The molecular formula is C7H10F3N5OS. The van der Waals surface area contributed by atoms with Crippen molar-refractivity contribution >= 4 is 22.5 Å². The van der Waals surface area contributed by atoms with Crippen molar-refractivity contribution in [1.82, 2.24) is 9.36 Å². The van der Waals surface area contributed by atoms with Gasteiger partial charge in [-0.3, -0.25) is 0 Å². The predicted octanol–water partition coefficient (Wildman–Crippen LogP) is 1.13. The summed E-state index contributed by atoms with van der Waals surface area (Å²) in [6.07, 6.45) is -4.32. The monoisotopic (exact) mass is 269 g/mol. The van der Waals surface area contributed by atoms with Crippen LogP contribution in [-0.4, -0.2) is 34.0 Å². The highest BCUT2D eigenvalue weighted by Crippen LogP contribution is 2.29. The fourth-order valence-corrected chi connectivity index (χ4v) is 1.58. The first kappa shape index (κ1) is 13.5. The van der Waals surface area contributed by atoms with Crippen LogP contribution in [0.5, 0.6) is 0 Å². The highest BCUT2D eigenvalue weighted by atomic mass is 32.1. The molecule has 1 aromatic heterocycles. The third kappa shape index (κ3) is 3.73. The van der Waals surface area contributed by atoms with Crippen molar-refractivity contribution in [3.05, 3.63) is 5.82 Å². The number of rotatable bonds is 4. The first-order chi connectivity index (χ1) is 7.84. The molecule has 1 heterocycles. The number of oxime groups is 1. The van der Waals surface area contributed by atoms with E-state index in [1.54, 1.807) is 7.05 Å². The zero-order valence-electron chi connectivity index (χ0n) is 8.77. The third-order valence-electron chi connectivity index (χ3n) is 1.83. The fraction of sp³-hybridized carbons (Fsp3) is 0.571. The molecule has 10 heteroatoms. The Morgan fingerprint density at radius 3 is 2.71 bits per heavy atom. The lowest BCUT2D eigenvalue weighted by atomic mass is 10.4. The summed E-state index contributed by atoms with van der Waals surface area (Å²) in [5.41, 5.74) is 5.23. The van der Waals surface area contributed by atoms with Crippen LogP contribution in [0.4, 0.5) is 18.3 Å². The summed E-state index contributed by atoms with van der Waals surface area (Å²) in [4.78, 5) is 4.80. The highest BCUT2D eigenvalue weighted by molar-refractivity contribution is 7.09. The van der Waals surface area contributed by atoms with Crippen molar-refractivity contribution < 1.29 is 18.4 Å². The Hall–Kier alpha value is -1.58. The molecule has 0 saturated carbocycles. The average Bonchev–Trinajstić information content (AvgIpc) is 2.74. The van der Waals surface area contributed by atoms with E-state index in [0.29, 0.717) is 11.5 Å². The van der Waals surface area contributed by atoms with Crippen molar-refractivity contribution in [2.45, 2.75) is 12.6 Å². The Morgan fingerprint density at radius 2 is 2.24 bits per heavy atom. The van der Waals surface area contributed by atoms with Crippen molar-refractivity contribution in [3.8, 4) is 0 Å². The van der Waals surface area contributed by atoms with Crippen molar-refractivity contribution in [3.63, 3.8) is 0 Å². The van der Waals surface area contributed by atoms with Gasteiger partial charge >= 0.3 is 6.18 Å². The second-order valence-electron chi connectivity index (χ2n) is 3.16. The Balaban J connectivity index is 2.64. The fourth-order valence-electron chi connectivity index (χ4n) is 0.914. The number of nitrogens with two attached hydrogens (primary N) is 1. The van der Waals surface area contributed by atoms with Gasteiger partial charge < -0.3 is 15.8 Å². The van der Waals surface area contributed by atoms with E-state index in [-0.39, 0.29) is 23.9 Å². The van der Waals surface area contributed by atoms with Crippen LogP contribution in [0, 0.1) is 0 Å². The lowest BCUT2D eigenvalue weighted by Crippen LogP contribution is -2.24. The van der Waals surface area contributed by atoms with Gasteiger partial charge in [-0.1, -0.05) is 5.16 Å². The van der Waals surface area contributed by atoms with Gasteiger partial charge in [0.15, 0.2) is 0 Å². The van der Waals surface area contributed by atoms with Crippen molar-refractivity contribution in [1.29, 1.82) is 0 Å². The van der Waals surface area contributed by atoms with Crippen LogP contribution >= 0.6 is 11.5 Å².